The Morgan fingerprint density at radius 3 is 2.10 bits per heavy atom. The Bertz CT molecular complexity index is 725. The first kappa shape index (κ1) is 13.9. The first-order valence-electron chi connectivity index (χ1n) is 6.79. The number of hydrogen-bond acceptors (Lipinski definition) is 4. The van der Waals surface area contributed by atoms with Crippen LogP contribution in [0.2, 0.25) is 0 Å². The number of benzene rings is 2. The second-order valence-corrected chi connectivity index (χ2v) is 6.96. The van der Waals surface area contributed by atoms with E-state index in [1.807, 2.05) is 74.4 Å². The maximum Gasteiger partial charge on any atom is 0.0892 e. The number of nitrogens with one attached hydrogen (secondary N) is 1. The van der Waals surface area contributed by atoms with Crippen molar-refractivity contribution >= 4 is 33.5 Å². The van der Waals surface area contributed by atoms with Gasteiger partial charge < -0.3 is 15.1 Å². The highest BCUT2D eigenvalue weighted by Crippen LogP contribution is 2.39. The van der Waals surface area contributed by atoms with E-state index in [2.05, 4.69) is 5.32 Å². The lowest BCUT2D eigenvalue weighted by atomic mass is 10.2. The number of rotatable bonds is 2. The Morgan fingerprint density at radius 2 is 1.43 bits per heavy atom. The zero-order chi connectivity index (χ0) is 15.1. The van der Waals surface area contributed by atoms with Gasteiger partial charge in [-0.1, -0.05) is 0 Å². The summed E-state index contributed by atoms with van der Waals surface area (Å²) >= 11 is 0. The van der Waals surface area contributed by atoms with Crippen LogP contribution in [0.1, 0.15) is 0 Å². The smallest absolute Gasteiger partial charge is 0.0892 e. The van der Waals surface area contributed by atoms with Gasteiger partial charge >= 0.3 is 0 Å². The molecule has 0 saturated carbocycles. The van der Waals surface area contributed by atoms with Gasteiger partial charge in [-0.15, -0.1) is 0 Å². The molecular weight excluding hydrogens is 282 g/mol. The molecule has 0 fully saturated rings. The van der Waals surface area contributed by atoms with Crippen LogP contribution in [0.15, 0.2) is 46.2 Å². The average molecular weight is 301 g/mol. The molecule has 1 atom stereocenters. The molecule has 3 rings (SSSR count). The van der Waals surface area contributed by atoms with Gasteiger partial charge in [0, 0.05) is 39.6 Å². The van der Waals surface area contributed by atoms with Gasteiger partial charge in [-0.2, -0.15) is 0 Å². The summed E-state index contributed by atoms with van der Waals surface area (Å²) < 4.78 is 12.8. The Kier molecular flexibility index (Phi) is 3.37. The van der Waals surface area contributed by atoms with Crippen LogP contribution in [0.5, 0.6) is 0 Å². The summed E-state index contributed by atoms with van der Waals surface area (Å²) in [7, 11) is 6.82. The van der Waals surface area contributed by atoms with E-state index in [0.717, 1.165) is 32.5 Å². The maximum atomic E-state index is 12.8. The molecule has 0 aromatic heterocycles. The van der Waals surface area contributed by atoms with Gasteiger partial charge in [0.05, 0.1) is 32.0 Å². The third-order valence-corrected chi connectivity index (χ3v) is 5.12. The number of anilines is 4. The van der Waals surface area contributed by atoms with Gasteiger partial charge in [0.15, 0.2) is 0 Å². The minimum atomic E-state index is -1.15. The van der Waals surface area contributed by atoms with E-state index in [9.17, 15) is 4.21 Å². The van der Waals surface area contributed by atoms with Gasteiger partial charge in [-0.25, -0.2) is 4.21 Å². The Morgan fingerprint density at radius 1 is 0.810 bits per heavy atom. The Labute approximate surface area is 127 Å². The van der Waals surface area contributed by atoms with Crippen molar-refractivity contribution in [2.24, 2.45) is 0 Å². The first-order valence-corrected chi connectivity index (χ1v) is 7.94. The van der Waals surface area contributed by atoms with Crippen LogP contribution >= 0.6 is 0 Å². The van der Waals surface area contributed by atoms with Crippen molar-refractivity contribution in [2.45, 2.75) is 9.79 Å². The van der Waals surface area contributed by atoms with Gasteiger partial charge in [-0.3, -0.25) is 0 Å². The van der Waals surface area contributed by atoms with Gasteiger partial charge in [0.1, 0.15) is 0 Å². The molecule has 0 spiro atoms. The van der Waals surface area contributed by atoms with E-state index in [0.29, 0.717) is 0 Å². The van der Waals surface area contributed by atoms with E-state index in [1.165, 1.54) is 0 Å². The lowest BCUT2D eigenvalue weighted by Crippen LogP contribution is -2.14. The fourth-order valence-corrected chi connectivity index (χ4v) is 3.65. The summed E-state index contributed by atoms with van der Waals surface area (Å²) in [4.78, 5) is 5.73. The molecule has 2 aromatic carbocycles. The van der Waals surface area contributed by atoms with E-state index in [4.69, 9.17) is 0 Å². The van der Waals surface area contributed by atoms with Crippen LogP contribution in [-0.4, -0.2) is 32.4 Å². The number of nitrogens with zero attached hydrogens (tertiary/aromatic N) is 2. The van der Waals surface area contributed by atoms with Crippen LogP contribution in [0.4, 0.5) is 22.7 Å². The summed E-state index contributed by atoms with van der Waals surface area (Å²) in [5.41, 5.74) is 3.98. The summed E-state index contributed by atoms with van der Waals surface area (Å²) in [6.07, 6.45) is 0. The maximum absolute atomic E-state index is 12.8. The van der Waals surface area contributed by atoms with Crippen LogP contribution in [0.3, 0.4) is 0 Å². The van der Waals surface area contributed by atoms with Crippen molar-refractivity contribution in [3.63, 3.8) is 0 Å². The third-order valence-electron chi connectivity index (χ3n) is 3.63. The normalized spacial score (nSPS) is 15.7. The average Bonchev–Trinajstić information content (AvgIpc) is 2.46. The first-order chi connectivity index (χ1) is 9.97. The van der Waals surface area contributed by atoms with E-state index >= 15 is 0 Å². The summed E-state index contributed by atoms with van der Waals surface area (Å²) in [5, 5.41) is 3.39. The quantitative estimate of drug-likeness (QED) is 0.789. The monoisotopic (exact) mass is 301 g/mol. The molecule has 2 aromatic rings. The minimum Gasteiger partial charge on any atom is -0.378 e. The third kappa shape index (κ3) is 2.38. The van der Waals surface area contributed by atoms with Crippen molar-refractivity contribution in [3.8, 4) is 0 Å². The minimum absolute atomic E-state index is 0.837. The standard InChI is InChI=1S/C16H19N3OS/c1-18(2)11-6-8-15-14(9-11)17-13-7-5-12(19(3)4)10-16(13)21(15)20/h5-10,17H,1-4H3. The molecule has 1 heterocycles. The molecule has 1 aliphatic rings. The van der Waals surface area contributed by atoms with Crippen molar-refractivity contribution in [1.29, 1.82) is 0 Å². The highest BCUT2D eigenvalue weighted by molar-refractivity contribution is 7.85. The highest BCUT2D eigenvalue weighted by Gasteiger charge is 2.23. The zero-order valence-electron chi connectivity index (χ0n) is 12.7. The second-order valence-electron chi connectivity index (χ2n) is 5.54. The summed E-state index contributed by atoms with van der Waals surface area (Å²) in [6.45, 7) is 0. The second kappa shape index (κ2) is 5.07. The molecular formula is C16H19N3OS. The van der Waals surface area contributed by atoms with Gasteiger partial charge in [-0.05, 0) is 36.4 Å². The molecule has 110 valence electrons. The number of hydrogen-bond donors (Lipinski definition) is 1. The molecule has 0 saturated heterocycles. The molecule has 1 aliphatic heterocycles. The molecule has 0 amide bonds. The van der Waals surface area contributed by atoms with Gasteiger partial charge in [0.25, 0.3) is 0 Å². The topological polar surface area (TPSA) is 35.6 Å². The highest BCUT2D eigenvalue weighted by atomic mass is 32.2. The predicted octanol–water partition coefficient (Wildman–Crippen LogP) is 3.04. The fraction of sp³-hybridized carbons (Fsp3) is 0.250. The van der Waals surface area contributed by atoms with Crippen molar-refractivity contribution < 1.29 is 4.21 Å². The van der Waals surface area contributed by atoms with E-state index < -0.39 is 10.8 Å². The van der Waals surface area contributed by atoms with Gasteiger partial charge in [0.2, 0.25) is 0 Å². The lowest BCUT2D eigenvalue weighted by molar-refractivity contribution is 0.683. The summed E-state index contributed by atoms with van der Waals surface area (Å²) in [5.74, 6) is 0. The zero-order valence-corrected chi connectivity index (χ0v) is 13.5. The van der Waals surface area contributed by atoms with Crippen LogP contribution in [0.25, 0.3) is 0 Å². The predicted molar refractivity (Wildman–Crippen MR) is 89.5 cm³/mol. The molecule has 5 heteroatoms. The van der Waals surface area contributed by atoms with Crippen molar-refractivity contribution in [2.75, 3.05) is 43.3 Å². The van der Waals surface area contributed by atoms with Crippen molar-refractivity contribution in [1.82, 2.24) is 0 Å². The number of fused-ring (bicyclic) bond motifs is 2. The molecule has 21 heavy (non-hydrogen) atoms. The van der Waals surface area contributed by atoms with E-state index in [1.54, 1.807) is 0 Å². The molecule has 1 N–H and O–H groups in total. The SMILES string of the molecule is CN(C)c1ccc2c(c1)Nc1ccc(N(C)C)cc1S2=O. The lowest BCUT2D eigenvalue weighted by Gasteiger charge is -2.24. The Balaban J connectivity index is 2.08. The molecule has 1 unspecified atom stereocenters. The molecule has 0 bridgehead atoms. The Hall–Kier alpha value is -2.01. The van der Waals surface area contributed by atoms with Crippen molar-refractivity contribution in [3.05, 3.63) is 36.4 Å². The summed E-state index contributed by atoms with van der Waals surface area (Å²) in [6, 6.07) is 12.0. The van der Waals surface area contributed by atoms with E-state index in [-0.39, 0.29) is 0 Å². The van der Waals surface area contributed by atoms with Crippen LogP contribution in [0, 0.1) is 0 Å². The fourth-order valence-electron chi connectivity index (χ4n) is 2.36. The van der Waals surface area contributed by atoms with Crippen LogP contribution in [-0.2, 0) is 10.8 Å². The molecule has 0 radical (unpaired) electrons. The molecule has 0 aliphatic carbocycles. The molecule has 4 nitrogen and oxygen atoms in total. The van der Waals surface area contributed by atoms with Crippen LogP contribution < -0.4 is 15.1 Å². The largest absolute Gasteiger partial charge is 0.378 e.